The number of nitrogens with zero attached hydrogens (tertiary/aromatic N) is 3. The Bertz CT molecular complexity index is 1380. The van der Waals surface area contributed by atoms with E-state index in [-0.39, 0.29) is 11.8 Å². The van der Waals surface area contributed by atoms with Crippen molar-refractivity contribution in [2.75, 3.05) is 11.9 Å². The fraction of sp³-hybridized carbons (Fsp3) is 0.207. The molecule has 2 aromatic carbocycles. The largest absolute Gasteiger partial charge is 0.326 e. The number of nitrogens with two attached hydrogens (primary N) is 1. The molecule has 7 nitrogen and oxygen atoms in total. The number of allylic oxidation sites excluding steroid dienone is 5. The molecule has 2 heterocycles. The van der Waals surface area contributed by atoms with Crippen molar-refractivity contribution < 1.29 is 9.59 Å². The van der Waals surface area contributed by atoms with E-state index < -0.39 is 6.04 Å². The molecule has 1 unspecified atom stereocenters. The van der Waals surface area contributed by atoms with E-state index in [1.807, 2.05) is 92.2 Å². The molecule has 1 aromatic heterocycles. The molecule has 5 rings (SSSR count). The molecule has 0 spiro atoms. The molecule has 2 aliphatic rings. The molecule has 0 saturated carbocycles. The highest BCUT2D eigenvalue weighted by Crippen LogP contribution is 2.25. The minimum Gasteiger partial charge on any atom is -0.326 e. The molecule has 2 amide bonds. The lowest BCUT2D eigenvalue weighted by molar-refractivity contribution is -0.119. The number of carbonyl (C=O) groups is 2. The Morgan fingerprint density at radius 3 is 2.69 bits per heavy atom. The van der Waals surface area contributed by atoms with E-state index in [9.17, 15) is 9.59 Å². The second-order valence-corrected chi connectivity index (χ2v) is 9.06. The van der Waals surface area contributed by atoms with E-state index in [2.05, 4.69) is 10.4 Å². The molecule has 3 N–H and O–H groups in total. The summed E-state index contributed by atoms with van der Waals surface area (Å²) in [6.45, 7) is 0.890. The van der Waals surface area contributed by atoms with Gasteiger partial charge in [-0.25, -0.2) is 0 Å². The Labute approximate surface area is 210 Å². The number of carbonyl (C=O) groups excluding carboxylic acids is 2. The first-order valence-electron chi connectivity index (χ1n) is 12.1. The van der Waals surface area contributed by atoms with E-state index in [1.54, 1.807) is 9.58 Å². The van der Waals surface area contributed by atoms with Gasteiger partial charge in [0, 0.05) is 43.1 Å². The zero-order chi connectivity index (χ0) is 25.1. The zero-order valence-electron chi connectivity index (χ0n) is 20.2. The number of amides is 2. The van der Waals surface area contributed by atoms with Crippen molar-refractivity contribution in [3.8, 4) is 11.3 Å². The average Bonchev–Trinajstić information content (AvgIpc) is 3.34. The molecular formula is C29H29N5O2. The second-order valence-electron chi connectivity index (χ2n) is 9.06. The first-order chi connectivity index (χ1) is 17.5. The minimum atomic E-state index is -0.735. The van der Waals surface area contributed by atoms with Crippen molar-refractivity contribution in [1.82, 2.24) is 14.7 Å². The number of aryl methyl sites for hydroxylation is 1. The summed E-state index contributed by atoms with van der Waals surface area (Å²) < 4.78 is 1.75. The van der Waals surface area contributed by atoms with Crippen LogP contribution in [0.2, 0.25) is 0 Å². The molecular weight excluding hydrogens is 450 g/mol. The number of fused-ring (bicyclic) bond motifs is 1. The molecule has 36 heavy (non-hydrogen) atoms. The van der Waals surface area contributed by atoms with Gasteiger partial charge in [0.2, 0.25) is 0 Å². The summed E-state index contributed by atoms with van der Waals surface area (Å²) in [6, 6.07) is 14.5. The third-order valence-electron chi connectivity index (χ3n) is 6.57. The topological polar surface area (TPSA) is 93.3 Å². The lowest BCUT2D eigenvalue weighted by Gasteiger charge is -2.34. The summed E-state index contributed by atoms with van der Waals surface area (Å²) in [5, 5.41) is 7.44. The van der Waals surface area contributed by atoms with Gasteiger partial charge in [-0.2, -0.15) is 5.10 Å². The number of aromatic nitrogens is 2. The van der Waals surface area contributed by atoms with Crippen LogP contribution >= 0.6 is 0 Å². The molecule has 3 aromatic rings. The highest BCUT2D eigenvalue weighted by atomic mass is 16.2. The van der Waals surface area contributed by atoms with Crippen molar-refractivity contribution in [3.05, 3.63) is 107 Å². The van der Waals surface area contributed by atoms with Crippen LogP contribution in [0.5, 0.6) is 0 Å². The maximum atomic E-state index is 13.6. The van der Waals surface area contributed by atoms with Crippen molar-refractivity contribution >= 4 is 17.5 Å². The van der Waals surface area contributed by atoms with Gasteiger partial charge in [-0.15, -0.1) is 0 Å². The molecule has 182 valence electrons. The number of anilines is 1. The summed E-state index contributed by atoms with van der Waals surface area (Å²) >= 11 is 0. The van der Waals surface area contributed by atoms with Gasteiger partial charge in [-0.05, 0) is 59.9 Å². The average molecular weight is 480 g/mol. The fourth-order valence-electron chi connectivity index (χ4n) is 4.63. The first-order valence-corrected chi connectivity index (χ1v) is 12.1. The normalized spacial score (nSPS) is 16.8. The maximum Gasteiger partial charge on any atom is 0.255 e. The number of benzene rings is 2. The number of hydrogen-bond acceptors (Lipinski definition) is 4. The van der Waals surface area contributed by atoms with Crippen LogP contribution < -0.4 is 11.1 Å². The number of hydrogen-bond donors (Lipinski definition) is 2. The van der Waals surface area contributed by atoms with E-state index in [0.29, 0.717) is 30.8 Å². The predicted octanol–water partition coefficient (Wildman–Crippen LogP) is 3.99. The van der Waals surface area contributed by atoms with Crippen LogP contribution in [-0.4, -0.2) is 39.1 Å². The van der Waals surface area contributed by atoms with Crippen LogP contribution in [0.15, 0.2) is 90.7 Å². The quantitative estimate of drug-likeness (QED) is 0.559. The molecule has 0 saturated heterocycles. The summed E-state index contributed by atoms with van der Waals surface area (Å²) in [6.07, 6.45) is 13.1. The zero-order valence-corrected chi connectivity index (χ0v) is 20.2. The summed E-state index contributed by atoms with van der Waals surface area (Å²) in [4.78, 5) is 28.8. The van der Waals surface area contributed by atoms with Gasteiger partial charge in [0.25, 0.3) is 11.8 Å². The van der Waals surface area contributed by atoms with Crippen molar-refractivity contribution in [2.24, 2.45) is 12.8 Å². The van der Waals surface area contributed by atoms with Crippen molar-refractivity contribution in [2.45, 2.75) is 25.4 Å². The Morgan fingerprint density at radius 1 is 1.17 bits per heavy atom. The number of rotatable bonds is 6. The Morgan fingerprint density at radius 2 is 2.00 bits per heavy atom. The Balaban J connectivity index is 1.40. The van der Waals surface area contributed by atoms with Gasteiger partial charge in [0.1, 0.15) is 6.04 Å². The van der Waals surface area contributed by atoms with Crippen molar-refractivity contribution in [1.29, 1.82) is 0 Å². The third-order valence-corrected chi connectivity index (χ3v) is 6.57. The summed E-state index contributed by atoms with van der Waals surface area (Å²) in [5.41, 5.74) is 11.9. The Hall–Kier alpha value is -4.23. The lowest BCUT2D eigenvalue weighted by Crippen LogP contribution is -2.49. The highest BCUT2D eigenvalue weighted by molar-refractivity contribution is 6.03. The van der Waals surface area contributed by atoms with Crippen LogP contribution in [0.25, 0.3) is 11.3 Å². The third kappa shape index (κ3) is 4.92. The van der Waals surface area contributed by atoms with Gasteiger partial charge >= 0.3 is 0 Å². The van der Waals surface area contributed by atoms with Crippen LogP contribution in [0.4, 0.5) is 5.69 Å². The van der Waals surface area contributed by atoms with E-state index in [1.165, 1.54) is 0 Å². The van der Waals surface area contributed by atoms with E-state index >= 15 is 0 Å². The molecule has 7 heteroatoms. The summed E-state index contributed by atoms with van der Waals surface area (Å²) in [7, 11) is 1.88. The van der Waals surface area contributed by atoms with Gasteiger partial charge in [-0.3, -0.25) is 14.3 Å². The molecule has 1 aliphatic carbocycles. The van der Waals surface area contributed by atoms with Gasteiger partial charge in [0.05, 0.1) is 5.69 Å². The fourth-order valence-corrected chi connectivity index (χ4v) is 4.63. The second kappa shape index (κ2) is 10.2. The predicted molar refractivity (Wildman–Crippen MR) is 141 cm³/mol. The maximum absolute atomic E-state index is 13.6. The van der Waals surface area contributed by atoms with Crippen LogP contribution in [0.3, 0.4) is 0 Å². The Kier molecular flexibility index (Phi) is 6.64. The first kappa shape index (κ1) is 23.5. The molecule has 1 atom stereocenters. The van der Waals surface area contributed by atoms with Gasteiger partial charge in [-0.1, -0.05) is 48.6 Å². The lowest BCUT2D eigenvalue weighted by atomic mass is 9.94. The smallest absolute Gasteiger partial charge is 0.255 e. The van der Waals surface area contributed by atoms with Crippen LogP contribution in [-0.2, 0) is 24.8 Å². The monoisotopic (exact) mass is 479 g/mol. The minimum absolute atomic E-state index is 0.141. The summed E-state index contributed by atoms with van der Waals surface area (Å²) in [5.74, 6) is -0.385. The van der Waals surface area contributed by atoms with E-state index in [0.717, 1.165) is 34.4 Å². The highest BCUT2D eigenvalue weighted by Gasteiger charge is 2.33. The van der Waals surface area contributed by atoms with Gasteiger partial charge < -0.3 is 16.0 Å². The standard InChI is InChI=1S/C29H29N5O2/c1-33-15-14-26(32-33)22-8-10-24(11-9-22)31-28(35)27(18-20-5-3-2-4-6-20)34-16-13-23-17-21(19-30)7-12-25(23)29(34)36/h2-5,7-12,14-15,17-18,27H,6,13,16,19,30H2,1H3,(H,31,35). The van der Waals surface area contributed by atoms with Crippen molar-refractivity contribution in [3.63, 3.8) is 0 Å². The molecule has 0 radical (unpaired) electrons. The molecule has 0 bridgehead atoms. The SMILES string of the molecule is Cn1ccc(-c2ccc(NC(=O)C(C=C3C=CC=CC3)N3CCc4cc(CN)ccc4C3=O)cc2)n1. The number of nitrogens with one attached hydrogen (secondary N) is 1. The van der Waals surface area contributed by atoms with Crippen LogP contribution in [0, 0.1) is 0 Å². The molecule has 1 aliphatic heterocycles. The van der Waals surface area contributed by atoms with Crippen LogP contribution in [0.1, 0.15) is 27.9 Å². The van der Waals surface area contributed by atoms with Gasteiger partial charge in [0.15, 0.2) is 0 Å². The molecule has 0 fully saturated rings. The van der Waals surface area contributed by atoms with E-state index in [4.69, 9.17) is 5.73 Å².